The van der Waals surface area contributed by atoms with E-state index in [9.17, 15) is 18.8 Å². The average Bonchev–Trinajstić information content (AvgIpc) is 3.08. The Morgan fingerprint density at radius 1 is 1.21 bits per heavy atom. The number of amides is 3. The number of imide groups is 1. The third kappa shape index (κ3) is 4.53. The number of hydrogen-bond acceptors (Lipinski definition) is 6. The van der Waals surface area contributed by atoms with Gasteiger partial charge in [-0.25, -0.2) is 4.39 Å². The predicted molar refractivity (Wildman–Crippen MR) is 119 cm³/mol. The zero-order valence-corrected chi connectivity index (χ0v) is 18.4. The molecular weight excluding hydrogens is 441 g/mol. The third-order valence-corrected chi connectivity index (χ3v) is 6.07. The highest BCUT2D eigenvalue weighted by atomic mass is 19.1. The fourth-order valence-corrected chi connectivity index (χ4v) is 4.22. The Labute approximate surface area is 200 Å². The first kappa shape index (κ1) is 19.1. The molecule has 0 bridgehead atoms. The SMILES string of the molecule is [2H]C1([2H])c2c(OCc3ccc(CN4CCOCC4)cc3F)cccc2C(=O)N1[C@@]1([2H])CCC(=O)NC1=O. The van der Waals surface area contributed by atoms with Crippen molar-refractivity contribution in [2.45, 2.75) is 38.5 Å². The summed E-state index contributed by atoms with van der Waals surface area (Å²) in [4.78, 5) is 40.0. The van der Waals surface area contributed by atoms with Gasteiger partial charge in [-0.3, -0.25) is 24.6 Å². The Morgan fingerprint density at radius 3 is 2.79 bits per heavy atom. The molecule has 9 heteroatoms. The second-order valence-electron chi connectivity index (χ2n) is 8.36. The molecule has 0 aromatic heterocycles. The van der Waals surface area contributed by atoms with Gasteiger partial charge in [0.1, 0.15) is 24.2 Å². The molecule has 3 heterocycles. The number of hydrogen-bond donors (Lipinski definition) is 1. The van der Waals surface area contributed by atoms with Crippen molar-refractivity contribution in [1.82, 2.24) is 15.1 Å². The second kappa shape index (κ2) is 9.52. The lowest BCUT2D eigenvalue weighted by molar-refractivity contribution is -0.136. The minimum Gasteiger partial charge on any atom is -0.488 e. The zero-order chi connectivity index (χ0) is 26.4. The first-order valence-electron chi connectivity index (χ1n) is 12.6. The van der Waals surface area contributed by atoms with Crippen molar-refractivity contribution in [2.24, 2.45) is 0 Å². The molecule has 8 nitrogen and oxygen atoms in total. The lowest BCUT2D eigenvalue weighted by atomic mass is 10.0. The minimum atomic E-state index is -2.58. The van der Waals surface area contributed by atoms with Gasteiger partial charge in [0.2, 0.25) is 11.8 Å². The molecule has 2 aromatic carbocycles. The smallest absolute Gasteiger partial charge is 0.255 e. The molecule has 2 fully saturated rings. The highest BCUT2D eigenvalue weighted by Gasteiger charge is 2.40. The Morgan fingerprint density at radius 2 is 2.03 bits per heavy atom. The van der Waals surface area contributed by atoms with Crippen LogP contribution in [0.5, 0.6) is 5.75 Å². The van der Waals surface area contributed by atoms with Crippen LogP contribution in [0.4, 0.5) is 4.39 Å². The van der Waals surface area contributed by atoms with Gasteiger partial charge in [0.15, 0.2) is 0 Å². The van der Waals surface area contributed by atoms with Crippen LogP contribution >= 0.6 is 0 Å². The summed E-state index contributed by atoms with van der Waals surface area (Å²) in [5.74, 6) is -2.96. The quantitative estimate of drug-likeness (QED) is 0.650. The van der Waals surface area contributed by atoms with E-state index in [4.69, 9.17) is 13.6 Å². The molecule has 34 heavy (non-hydrogen) atoms. The average molecular weight is 471 g/mol. The van der Waals surface area contributed by atoms with Crippen LogP contribution in [0.1, 0.15) is 44.0 Å². The first-order valence-corrected chi connectivity index (χ1v) is 11.1. The maximum absolute atomic E-state index is 14.9. The van der Waals surface area contributed by atoms with Crippen LogP contribution in [0.2, 0.25) is 0 Å². The van der Waals surface area contributed by atoms with E-state index in [0.717, 1.165) is 18.7 Å². The van der Waals surface area contributed by atoms with Crippen molar-refractivity contribution < 1.29 is 32.4 Å². The standard InChI is InChI=1S/C25H26FN3O5/c26-20-12-16(13-28-8-10-33-11-9-28)4-5-17(20)15-34-22-3-1-2-18-19(22)14-29(25(18)32)21-6-7-23(30)27-24(21)31/h1-5,12,21H,6-11,13-15H2,(H,27,30,31)/t21-/m0/s1/i14D2,21D. The van der Waals surface area contributed by atoms with Gasteiger partial charge in [-0.1, -0.05) is 18.2 Å². The summed E-state index contributed by atoms with van der Waals surface area (Å²) in [6, 6.07) is 6.90. The number of fused-ring (bicyclic) bond motifs is 1. The van der Waals surface area contributed by atoms with Crippen LogP contribution in [0.25, 0.3) is 0 Å². The van der Waals surface area contributed by atoms with E-state index in [-0.39, 0.29) is 41.9 Å². The molecule has 0 unspecified atom stereocenters. The molecule has 0 saturated carbocycles. The van der Waals surface area contributed by atoms with Gasteiger partial charge < -0.3 is 14.4 Å². The number of nitrogens with one attached hydrogen (secondary N) is 1. The molecule has 2 aromatic rings. The van der Waals surface area contributed by atoms with E-state index in [1.54, 1.807) is 6.07 Å². The van der Waals surface area contributed by atoms with E-state index < -0.39 is 36.1 Å². The highest BCUT2D eigenvalue weighted by molar-refractivity contribution is 6.05. The number of nitrogens with zero attached hydrogens (tertiary/aromatic N) is 2. The highest BCUT2D eigenvalue weighted by Crippen LogP contribution is 2.34. The fraction of sp³-hybridized carbons (Fsp3) is 0.400. The monoisotopic (exact) mass is 470 g/mol. The Kier molecular flexibility index (Phi) is 5.33. The molecule has 1 atom stereocenters. The summed E-state index contributed by atoms with van der Waals surface area (Å²) in [5, 5.41) is 2.02. The Balaban J connectivity index is 1.36. The normalized spacial score (nSPS) is 25.9. The van der Waals surface area contributed by atoms with E-state index in [1.165, 1.54) is 24.3 Å². The Hall–Kier alpha value is -3.30. The van der Waals surface area contributed by atoms with Crippen LogP contribution in [-0.2, 0) is 34.0 Å². The number of morpholine rings is 1. The van der Waals surface area contributed by atoms with Gasteiger partial charge in [0, 0.05) is 42.7 Å². The largest absolute Gasteiger partial charge is 0.488 e. The van der Waals surface area contributed by atoms with Crippen LogP contribution in [0.15, 0.2) is 36.4 Å². The van der Waals surface area contributed by atoms with Crippen molar-refractivity contribution in [3.63, 3.8) is 0 Å². The van der Waals surface area contributed by atoms with Crippen molar-refractivity contribution in [2.75, 3.05) is 26.3 Å². The van der Waals surface area contributed by atoms with Crippen molar-refractivity contribution >= 4 is 17.7 Å². The number of piperidine rings is 1. The van der Waals surface area contributed by atoms with Crippen LogP contribution < -0.4 is 10.1 Å². The number of ether oxygens (including phenoxy) is 2. The van der Waals surface area contributed by atoms with E-state index in [1.807, 2.05) is 11.4 Å². The number of carbonyl (C=O) groups is 3. The zero-order valence-electron chi connectivity index (χ0n) is 21.4. The number of rotatable bonds is 6. The van der Waals surface area contributed by atoms with Crippen molar-refractivity contribution in [3.8, 4) is 5.75 Å². The summed E-state index contributed by atoms with van der Waals surface area (Å²) in [5.41, 5.74) is 0.874. The summed E-state index contributed by atoms with van der Waals surface area (Å²) in [6.45, 7) is 0.650. The molecule has 1 N–H and O–H groups in total. The topological polar surface area (TPSA) is 88.2 Å². The maximum atomic E-state index is 14.9. The molecule has 0 spiro atoms. The van der Waals surface area contributed by atoms with Crippen LogP contribution in [0, 0.1) is 5.82 Å². The maximum Gasteiger partial charge on any atom is 0.255 e. The molecule has 3 amide bonds. The van der Waals surface area contributed by atoms with Gasteiger partial charge >= 0.3 is 0 Å². The second-order valence-corrected chi connectivity index (χ2v) is 8.36. The first-order chi connectivity index (χ1) is 17.6. The van der Waals surface area contributed by atoms with Gasteiger partial charge in [-0.2, -0.15) is 0 Å². The van der Waals surface area contributed by atoms with E-state index in [0.29, 0.717) is 24.7 Å². The Bertz CT molecular complexity index is 1270. The summed E-state index contributed by atoms with van der Waals surface area (Å²) in [7, 11) is 0. The molecule has 0 aliphatic carbocycles. The van der Waals surface area contributed by atoms with Gasteiger partial charge in [-0.15, -0.1) is 0 Å². The van der Waals surface area contributed by atoms with Crippen molar-refractivity contribution in [1.29, 1.82) is 0 Å². The fourth-order valence-electron chi connectivity index (χ4n) is 4.22. The number of benzene rings is 2. The lowest BCUT2D eigenvalue weighted by Gasteiger charge is -2.29. The number of halogens is 1. The van der Waals surface area contributed by atoms with Crippen molar-refractivity contribution in [3.05, 3.63) is 64.5 Å². The third-order valence-electron chi connectivity index (χ3n) is 6.07. The van der Waals surface area contributed by atoms with Gasteiger partial charge in [-0.05, 0) is 30.2 Å². The van der Waals surface area contributed by atoms with E-state index >= 15 is 0 Å². The molecule has 2 saturated heterocycles. The van der Waals surface area contributed by atoms with Gasteiger partial charge in [0.05, 0.1) is 23.8 Å². The van der Waals surface area contributed by atoms with Crippen LogP contribution in [-0.4, -0.2) is 59.8 Å². The predicted octanol–water partition coefficient (Wildman–Crippen LogP) is 2.00. The summed E-state index contributed by atoms with van der Waals surface area (Å²) >= 11 is 0. The molecule has 5 rings (SSSR count). The minimum absolute atomic E-state index is 0.00559. The lowest BCUT2D eigenvalue weighted by Crippen LogP contribution is -2.52. The molecule has 178 valence electrons. The van der Waals surface area contributed by atoms with Gasteiger partial charge in [0.25, 0.3) is 5.91 Å². The number of carbonyl (C=O) groups excluding carboxylic acids is 3. The summed E-state index contributed by atoms with van der Waals surface area (Å²) < 4.78 is 52.0. The molecule has 3 aliphatic rings. The van der Waals surface area contributed by atoms with E-state index in [2.05, 4.69) is 4.90 Å². The molecule has 0 radical (unpaired) electrons. The van der Waals surface area contributed by atoms with Crippen LogP contribution in [0.3, 0.4) is 0 Å². The summed E-state index contributed by atoms with van der Waals surface area (Å²) in [6.07, 6.45) is -0.537. The molecular formula is C25H26FN3O5. The molecule has 3 aliphatic heterocycles.